The number of benzene rings is 1. The highest BCUT2D eigenvalue weighted by Gasteiger charge is 2.41. The second kappa shape index (κ2) is 7.54. The number of nitrogens with zero attached hydrogens (tertiary/aromatic N) is 3. The Balaban J connectivity index is 1.60. The van der Waals surface area contributed by atoms with Crippen LogP contribution in [-0.4, -0.2) is 52.3 Å². The predicted octanol–water partition coefficient (Wildman–Crippen LogP) is 3.35. The van der Waals surface area contributed by atoms with Gasteiger partial charge in [-0.15, -0.1) is 0 Å². The number of amides is 1. The van der Waals surface area contributed by atoms with Crippen LogP contribution in [0.25, 0.3) is 6.08 Å². The highest BCUT2D eigenvalue weighted by molar-refractivity contribution is 6.32. The minimum Gasteiger partial charge on any atom is -0.334 e. The maximum absolute atomic E-state index is 12.1. The topological polar surface area (TPSA) is 66.7 Å². The van der Waals surface area contributed by atoms with Crippen molar-refractivity contribution in [2.45, 2.75) is 38.3 Å². The van der Waals surface area contributed by atoms with E-state index in [0.29, 0.717) is 18.5 Å². The van der Waals surface area contributed by atoms with Crippen molar-refractivity contribution in [2.24, 2.45) is 0 Å². The van der Waals surface area contributed by atoms with Crippen LogP contribution >= 0.6 is 11.6 Å². The van der Waals surface area contributed by atoms with Crippen molar-refractivity contribution in [3.8, 4) is 0 Å². The predicted molar refractivity (Wildman–Crippen MR) is 97.5 cm³/mol. The number of rotatable bonds is 5. The molecular weight excluding hydrogens is 342 g/mol. The fraction of sp³-hybridized carbons (Fsp3) is 0.500. The summed E-state index contributed by atoms with van der Waals surface area (Å²) in [5, 5.41) is 11.1. The third kappa shape index (κ3) is 3.85. The number of fused-ring (bicyclic) bond motifs is 2. The third-order valence-corrected chi connectivity index (χ3v) is 5.31. The van der Waals surface area contributed by atoms with E-state index >= 15 is 0 Å². The smallest absolute Gasteiger partial charge is 0.288 e. The van der Waals surface area contributed by atoms with Crippen molar-refractivity contribution in [2.75, 3.05) is 19.6 Å². The van der Waals surface area contributed by atoms with E-state index in [2.05, 4.69) is 9.80 Å². The molecular formula is C18H22ClN3O3. The molecule has 0 spiro atoms. The molecule has 1 aromatic rings. The number of hydrogen-bond donors (Lipinski definition) is 0. The molecule has 134 valence electrons. The molecule has 2 aliphatic rings. The number of halogens is 1. The van der Waals surface area contributed by atoms with Crippen molar-refractivity contribution >= 4 is 29.3 Å². The molecule has 2 saturated heterocycles. The number of carbonyl (C=O) groups is 1. The zero-order valence-corrected chi connectivity index (χ0v) is 15.0. The molecule has 2 heterocycles. The average molecular weight is 364 g/mol. The molecule has 25 heavy (non-hydrogen) atoms. The number of carbonyl (C=O) groups excluding carboxylic acids is 1. The van der Waals surface area contributed by atoms with Crippen LogP contribution in [0.3, 0.4) is 0 Å². The van der Waals surface area contributed by atoms with Gasteiger partial charge in [-0.25, -0.2) is 0 Å². The van der Waals surface area contributed by atoms with Gasteiger partial charge in [0, 0.05) is 44.2 Å². The minimum absolute atomic E-state index is 0.0754. The van der Waals surface area contributed by atoms with Gasteiger partial charge in [0.1, 0.15) is 5.02 Å². The van der Waals surface area contributed by atoms with Gasteiger partial charge in [-0.3, -0.25) is 19.8 Å². The molecule has 0 aromatic heterocycles. The Hall–Kier alpha value is -1.92. The van der Waals surface area contributed by atoms with Crippen molar-refractivity contribution in [1.29, 1.82) is 0 Å². The van der Waals surface area contributed by atoms with E-state index in [1.54, 1.807) is 12.1 Å². The molecule has 1 amide bonds. The van der Waals surface area contributed by atoms with Crippen LogP contribution in [0.2, 0.25) is 5.02 Å². The van der Waals surface area contributed by atoms with Crippen molar-refractivity contribution in [3.05, 3.63) is 45.0 Å². The number of nitro benzene ring substituents is 1. The maximum atomic E-state index is 12.1. The van der Waals surface area contributed by atoms with E-state index in [1.165, 1.54) is 6.07 Å². The quantitative estimate of drug-likeness (QED) is 0.594. The standard InChI is InChI=1S/C18H22ClN3O3/c1-2-18(23)21-14-6-7-15(21)12-20(11-14)9-3-4-13-5-8-16(19)17(10-13)22(24)25/h3-5,8,10,14-15H,2,6-7,9,11-12H2,1H3/b4-3+. The van der Waals surface area contributed by atoms with Gasteiger partial charge in [0.2, 0.25) is 5.91 Å². The summed E-state index contributed by atoms with van der Waals surface area (Å²) >= 11 is 5.83. The third-order valence-electron chi connectivity index (χ3n) is 4.99. The van der Waals surface area contributed by atoms with Gasteiger partial charge in [0.05, 0.1) is 4.92 Å². The highest BCUT2D eigenvalue weighted by atomic mass is 35.5. The Bertz CT molecular complexity index is 693. The Morgan fingerprint density at radius 2 is 2.04 bits per heavy atom. The summed E-state index contributed by atoms with van der Waals surface area (Å²) in [5.74, 6) is 0.260. The van der Waals surface area contributed by atoms with E-state index in [-0.39, 0.29) is 16.6 Å². The zero-order chi connectivity index (χ0) is 18.0. The van der Waals surface area contributed by atoms with Crippen LogP contribution in [0.1, 0.15) is 31.7 Å². The van der Waals surface area contributed by atoms with Gasteiger partial charge in [-0.2, -0.15) is 0 Å². The molecule has 6 nitrogen and oxygen atoms in total. The van der Waals surface area contributed by atoms with Crippen LogP contribution in [0.5, 0.6) is 0 Å². The number of likely N-dealkylation sites (tertiary alicyclic amines) is 1. The molecule has 0 aliphatic carbocycles. The molecule has 2 unspecified atom stereocenters. The monoisotopic (exact) mass is 363 g/mol. The Morgan fingerprint density at radius 3 is 2.64 bits per heavy atom. The van der Waals surface area contributed by atoms with Gasteiger partial charge in [-0.05, 0) is 24.5 Å². The lowest BCUT2D eigenvalue weighted by atomic mass is 10.1. The molecule has 2 atom stereocenters. The first-order valence-electron chi connectivity index (χ1n) is 8.63. The molecule has 7 heteroatoms. The summed E-state index contributed by atoms with van der Waals surface area (Å²) in [6.45, 7) is 4.49. The normalized spacial score (nSPS) is 23.4. The summed E-state index contributed by atoms with van der Waals surface area (Å²) in [7, 11) is 0. The van der Waals surface area contributed by atoms with Crippen molar-refractivity contribution < 1.29 is 9.72 Å². The number of nitro groups is 1. The molecule has 3 rings (SSSR count). The lowest BCUT2D eigenvalue weighted by molar-refractivity contribution is -0.384. The van der Waals surface area contributed by atoms with Gasteiger partial charge in [-0.1, -0.05) is 36.7 Å². The average Bonchev–Trinajstić information content (AvgIpc) is 2.86. The summed E-state index contributed by atoms with van der Waals surface area (Å²) in [4.78, 5) is 27.0. The summed E-state index contributed by atoms with van der Waals surface area (Å²) in [6, 6.07) is 5.47. The lowest BCUT2D eigenvalue weighted by Crippen LogP contribution is -2.55. The van der Waals surface area contributed by atoms with E-state index < -0.39 is 4.92 Å². The number of piperazine rings is 1. The van der Waals surface area contributed by atoms with Crippen LogP contribution in [-0.2, 0) is 4.79 Å². The van der Waals surface area contributed by atoms with Crippen LogP contribution in [0.4, 0.5) is 5.69 Å². The van der Waals surface area contributed by atoms with E-state index in [9.17, 15) is 14.9 Å². The fourth-order valence-corrected chi connectivity index (χ4v) is 4.03. The van der Waals surface area contributed by atoms with Gasteiger partial charge < -0.3 is 4.90 Å². The van der Waals surface area contributed by atoms with E-state index in [4.69, 9.17) is 11.6 Å². The Kier molecular flexibility index (Phi) is 5.39. The molecule has 1 aromatic carbocycles. The first kappa shape index (κ1) is 17.9. The first-order valence-corrected chi connectivity index (χ1v) is 9.01. The van der Waals surface area contributed by atoms with Crippen molar-refractivity contribution in [3.63, 3.8) is 0 Å². The molecule has 0 N–H and O–H groups in total. The molecule has 2 aliphatic heterocycles. The fourth-order valence-electron chi connectivity index (χ4n) is 3.84. The first-order chi connectivity index (χ1) is 12.0. The molecule has 0 radical (unpaired) electrons. The van der Waals surface area contributed by atoms with Crippen LogP contribution in [0, 0.1) is 10.1 Å². The van der Waals surface area contributed by atoms with Crippen molar-refractivity contribution in [1.82, 2.24) is 9.80 Å². The highest BCUT2D eigenvalue weighted by Crippen LogP contribution is 2.31. The second-order valence-electron chi connectivity index (χ2n) is 6.63. The van der Waals surface area contributed by atoms with Gasteiger partial charge >= 0.3 is 0 Å². The molecule has 0 saturated carbocycles. The number of hydrogen-bond acceptors (Lipinski definition) is 4. The SMILES string of the molecule is CCC(=O)N1C2CCC1CN(C/C=C/c1ccc(Cl)c([N+](=O)[O-])c1)C2. The zero-order valence-electron chi connectivity index (χ0n) is 14.2. The van der Waals surface area contributed by atoms with E-state index in [0.717, 1.165) is 38.0 Å². The van der Waals surface area contributed by atoms with E-state index in [1.807, 2.05) is 19.1 Å². The van der Waals surface area contributed by atoms with Crippen LogP contribution in [0.15, 0.2) is 24.3 Å². The van der Waals surface area contributed by atoms with Gasteiger partial charge in [0.25, 0.3) is 5.69 Å². The summed E-state index contributed by atoms with van der Waals surface area (Å²) < 4.78 is 0. The minimum atomic E-state index is -0.471. The lowest BCUT2D eigenvalue weighted by Gasteiger charge is -2.40. The molecule has 2 bridgehead atoms. The summed E-state index contributed by atoms with van der Waals surface area (Å²) in [5.41, 5.74) is 0.687. The van der Waals surface area contributed by atoms with Gasteiger partial charge in [0.15, 0.2) is 0 Å². The summed E-state index contributed by atoms with van der Waals surface area (Å²) in [6.07, 6.45) is 6.64. The largest absolute Gasteiger partial charge is 0.334 e. The van der Waals surface area contributed by atoms with Crippen LogP contribution < -0.4 is 0 Å². The molecule has 2 fully saturated rings. The Morgan fingerprint density at radius 1 is 1.36 bits per heavy atom. The maximum Gasteiger partial charge on any atom is 0.288 e. The second-order valence-corrected chi connectivity index (χ2v) is 7.04. The Labute approximate surface area is 152 Å².